The van der Waals surface area contributed by atoms with E-state index in [1.54, 1.807) is 62.3 Å². The van der Waals surface area contributed by atoms with Gasteiger partial charge in [0.1, 0.15) is 46.5 Å². The Labute approximate surface area is 522 Å². The fourth-order valence-corrected chi connectivity index (χ4v) is 10.1. The number of Topliss-reactive ketones (excluding diaryl/α,β-unsaturated/α-hetero) is 2. The second-order valence-electron chi connectivity index (χ2n) is 27.4. The van der Waals surface area contributed by atoms with Gasteiger partial charge < -0.3 is 40.8 Å². The zero-order valence-electron chi connectivity index (χ0n) is 55.1. The smallest absolute Gasteiger partial charge is 0.329 e. The average molecular weight is 1230 g/mol. The molecule has 5 amide bonds. The zero-order chi connectivity index (χ0) is 65.4. The van der Waals surface area contributed by atoms with Crippen LogP contribution < -0.4 is 26.6 Å². The van der Waals surface area contributed by atoms with E-state index in [0.29, 0.717) is 71.6 Å². The number of carbonyl (C=O) groups excluding carboxylic acids is 9. The molecule has 5 N–H and O–H groups in total. The predicted molar refractivity (Wildman–Crippen MR) is 341 cm³/mol. The molecule has 0 spiro atoms. The average Bonchev–Trinajstić information content (AvgIpc) is 3.56. The molecule has 0 bridgehead atoms. The van der Waals surface area contributed by atoms with Gasteiger partial charge in [0, 0.05) is 84.2 Å². The van der Waals surface area contributed by atoms with Crippen LogP contribution in [0.25, 0.3) is 10.8 Å². The number of ether oxygens (including phenoxy) is 3. The first-order chi connectivity index (χ1) is 41.1. The standard InChI is InChI=1S/C67H103N9O12/c1-47(77)43-73-32-33-74(44-48(2)78)35-38-76(46-59(81)87-66(9,10)11)39-37-75(36-34-73)45-57(79)69-55(41-49-22-16-15-17-23-49)61(83)70-54(42-50-27-28-51-24-18-19-25-52(51)40-50)60(82)68-31-21-20-26-56(64(3,4)5)72-63(85)71-53(62(84)88-67(12,13)14)29-30-58(80)86-65(6,7)8/h15-19,22-25,27-28,40,53-56H,20-21,26,29-39,41-46H2,1-14H3,(H,68,82)(H,69,79)(H,70,83)(H2,71,72,85)/t53-,54-,55-,56-/m0/s1. The minimum atomic E-state index is -1.12. The number of unbranched alkanes of at least 4 members (excludes halogenated alkanes) is 1. The summed E-state index contributed by atoms with van der Waals surface area (Å²) in [6.45, 7) is 28.8. The third-order valence-electron chi connectivity index (χ3n) is 14.4. The highest BCUT2D eigenvalue weighted by atomic mass is 16.6. The van der Waals surface area contributed by atoms with Crippen molar-refractivity contribution in [3.63, 3.8) is 0 Å². The second-order valence-corrected chi connectivity index (χ2v) is 27.4. The number of nitrogens with one attached hydrogen (secondary N) is 5. The van der Waals surface area contributed by atoms with Crippen LogP contribution in [0.15, 0.2) is 72.8 Å². The number of hydrogen-bond acceptors (Lipinski definition) is 16. The molecule has 1 heterocycles. The van der Waals surface area contributed by atoms with Gasteiger partial charge in [-0.05, 0) is 129 Å². The monoisotopic (exact) mass is 1230 g/mol. The molecule has 0 aromatic heterocycles. The molecule has 4 atom stereocenters. The van der Waals surface area contributed by atoms with E-state index in [4.69, 9.17) is 14.2 Å². The Morgan fingerprint density at radius 1 is 0.466 bits per heavy atom. The predicted octanol–water partition coefficient (Wildman–Crippen LogP) is 6.17. The lowest BCUT2D eigenvalue weighted by molar-refractivity contribution is -0.159. The number of ketones is 2. The van der Waals surface area contributed by atoms with Crippen molar-refractivity contribution in [2.24, 2.45) is 5.41 Å². The van der Waals surface area contributed by atoms with Gasteiger partial charge in [0.15, 0.2) is 0 Å². The maximum atomic E-state index is 14.8. The lowest BCUT2D eigenvalue weighted by Gasteiger charge is -2.34. The quantitative estimate of drug-likeness (QED) is 0.0325. The Kier molecular flexibility index (Phi) is 29.1. The largest absolute Gasteiger partial charge is 0.460 e. The molecule has 0 aliphatic carbocycles. The third kappa shape index (κ3) is 29.9. The molecule has 488 valence electrons. The van der Waals surface area contributed by atoms with Gasteiger partial charge in [-0.3, -0.25) is 53.2 Å². The molecule has 0 unspecified atom stereocenters. The Hall–Kier alpha value is -6.81. The molecule has 88 heavy (non-hydrogen) atoms. The minimum Gasteiger partial charge on any atom is -0.460 e. The van der Waals surface area contributed by atoms with Crippen molar-refractivity contribution in [1.82, 2.24) is 46.2 Å². The second kappa shape index (κ2) is 34.8. The molecule has 3 aromatic carbocycles. The van der Waals surface area contributed by atoms with E-state index < -0.39 is 82.0 Å². The van der Waals surface area contributed by atoms with Crippen molar-refractivity contribution in [1.29, 1.82) is 0 Å². The first-order valence-electron chi connectivity index (χ1n) is 31.1. The Bertz CT molecular complexity index is 2780. The SMILES string of the molecule is CC(=O)CN1CCN(CC(C)=O)CCN(CC(=O)OC(C)(C)C)CCN(CC(=O)N[C@@H](Cc2ccccc2)C(=O)N[C@@H](Cc2ccc3ccccc3c2)C(=O)NCCCC[C@H](NC(=O)N[C@@H](CCC(=O)OC(C)(C)C)C(=O)OC(C)(C)C)C(C)(C)C)CC1. The summed E-state index contributed by atoms with van der Waals surface area (Å²) in [6, 6.07) is 18.8. The van der Waals surface area contributed by atoms with E-state index >= 15 is 0 Å². The summed E-state index contributed by atoms with van der Waals surface area (Å²) >= 11 is 0. The van der Waals surface area contributed by atoms with E-state index in [9.17, 15) is 43.2 Å². The fourth-order valence-electron chi connectivity index (χ4n) is 10.1. The van der Waals surface area contributed by atoms with Gasteiger partial charge in [0.05, 0.1) is 26.2 Å². The van der Waals surface area contributed by atoms with Crippen molar-refractivity contribution in [3.8, 4) is 0 Å². The van der Waals surface area contributed by atoms with Crippen LogP contribution in [0.5, 0.6) is 0 Å². The van der Waals surface area contributed by atoms with Crippen molar-refractivity contribution < 1.29 is 57.4 Å². The molecule has 4 rings (SSSR count). The number of amides is 5. The van der Waals surface area contributed by atoms with Gasteiger partial charge >= 0.3 is 23.9 Å². The van der Waals surface area contributed by atoms with Crippen molar-refractivity contribution in [3.05, 3.63) is 83.9 Å². The molecule has 21 nitrogen and oxygen atoms in total. The minimum absolute atomic E-state index is 0.00275. The van der Waals surface area contributed by atoms with Crippen LogP contribution in [0.2, 0.25) is 0 Å². The van der Waals surface area contributed by atoms with Gasteiger partial charge in [0.25, 0.3) is 0 Å². The van der Waals surface area contributed by atoms with Crippen LogP contribution in [0.1, 0.15) is 140 Å². The van der Waals surface area contributed by atoms with Crippen LogP contribution in [-0.4, -0.2) is 199 Å². The van der Waals surface area contributed by atoms with Crippen molar-refractivity contribution >= 4 is 64.0 Å². The van der Waals surface area contributed by atoms with Gasteiger partial charge in [-0.2, -0.15) is 0 Å². The number of rotatable bonds is 27. The van der Waals surface area contributed by atoms with E-state index in [0.717, 1.165) is 21.9 Å². The maximum Gasteiger partial charge on any atom is 0.329 e. The van der Waals surface area contributed by atoms with Crippen LogP contribution >= 0.6 is 0 Å². The molecular weight excluding hydrogens is 1120 g/mol. The maximum absolute atomic E-state index is 14.8. The molecule has 3 aromatic rings. The fraction of sp³-hybridized carbons (Fsp3) is 0.627. The molecular formula is C67H103N9O12. The van der Waals surface area contributed by atoms with E-state index in [2.05, 4.69) is 26.6 Å². The molecule has 1 saturated heterocycles. The van der Waals surface area contributed by atoms with Gasteiger partial charge in [-0.1, -0.05) is 93.6 Å². The summed E-state index contributed by atoms with van der Waals surface area (Å²) < 4.78 is 16.7. The molecule has 1 aliphatic rings. The van der Waals surface area contributed by atoms with Gasteiger partial charge in [-0.25, -0.2) is 9.59 Å². The zero-order valence-corrected chi connectivity index (χ0v) is 55.1. The molecule has 0 saturated carbocycles. The summed E-state index contributed by atoms with van der Waals surface area (Å²) in [6.07, 6.45) is 1.71. The lowest BCUT2D eigenvalue weighted by Crippen LogP contribution is -2.56. The number of carbonyl (C=O) groups is 9. The Balaban J connectivity index is 1.53. The number of nitrogens with zero attached hydrogens (tertiary/aromatic N) is 4. The first kappa shape index (κ1) is 73.7. The first-order valence-corrected chi connectivity index (χ1v) is 31.1. The number of hydrogen-bond donors (Lipinski definition) is 5. The van der Waals surface area contributed by atoms with Crippen LogP contribution in [0.4, 0.5) is 4.79 Å². The number of esters is 3. The van der Waals surface area contributed by atoms with Gasteiger partial charge in [-0.15, -0.1) is 0 Å². The number of benzene rings is 3. The summed E-state index contributed by atoms with van der Waals surface area (Å²) in [7, 11) is 0. The number of urea groups is 1. The molecule has 21 heteroatoms. The van der Waals surface area contributed by atoms with E-state index in [1.165, 1.54) is 13.8 Å². The van der Waals surface area contributed by atoms with Crippen molar-refractivity contribution in [2.45, 2.75) is 183 Å². The summed E-state index contributed by atoms with van der Waals surface area (Å²) in [5.74, 6) is -3.03. The van der Waals surface area contributed by atoms with Gasteiger partial charge in [0.2, 0.25) is 17.7 Å². The topological polar surface area (TPSA) is 254 Å². The Morgan fingerprint density at radius 3 is 1.49 bits per heavy atom. The molecule has 0 radical (unpaired) electrons. The van der Waals surface area contributed by atoms with E-state index in [1.807, 2.05) is 113 Å². The highest BCUT2D eigenvalue weighted by Crippen LogP contribution is 2.24. The molecule has 1 aliphatic heterocycles. The van der Waals surface area contributed by atoms with Crippen LogP contribution in [0.3, 0.4) is 0 Å². The van der Waals surface area contributed by atoms with Crippen LogP contribution in [-0.2, 0) is 65.4 Å². The summed E-state index contributed by atoms with van der Waals surface area (Å²) in [5.41, 5.74) is -1.11. The molecule has 1 fully saturated rings. The van der Waals surface area contributed by atoms with Crippen molar-refractivity contribution in [2.75, 3.05) is 85.1 Å². The summed E-state index contributed by atoms with van der Waals surface area (Å²) in [4.78, 5) is 129. The highest BCUT2D eigenvalue weighted by Gasteiger charge is 2.33. The lowest BCUT2D eigenvalue weighted by atomic mass is 9.84. The third-order valence-corrected chi connectivity index (χ3v) is 14.4. The number of fused-ring (bicyclic) bond motifs is 1. The normalized spacial score (nSPS) is 16.1. The summed E-state index contributed by atoms with van der Waals surface area (Å²) in [5, 5.41) is 16.8. The van der Waals surface area contributed by atoms with E-state index in [-0.39, 0.29) is 76.0 Å². The Morgan fingerprint density at radius 2 is 0.955 bits per heavy atom. The highest BCUT2D eigenvalue weighted by molar-refractivity contribution is 5.93. The van der Waals surface area contributed by atoms with Crippen LogP contribution in [0, 0.1) is 5.41 Å².